The minimum atomic E-state index is 0.211. The fourth-order valence-electron chi connectivity index (χ4n) is 3.20. The largest absolute Gasteiger partial charge is 0.506 e. The van der Waals surface area contributed by atoms with E-state index < -0.39 is 0 Å². The Balaban J connectivity index is 2.03. The highest BCUT2D eigenvalue weighted by Crippen LogP contribution is 2.27. The van der Waals surface area contributed by atoms with Gasteiger partial charge in [0.2, 0.25) is 5.95 Å². The molecule has 0 fully saturated rings. The van der Waals surface area contributed by atoms with Gasteiger partial charge in [-0.05, 0) is 70.1 Å². The molecule has 0 saturated carbocycles. The molecule has 0 amide bonds. The average Bonchev–Trinajstić information content (AvgIpc) is 2.93. The quantitative estimate of drug-likeness (QED) is 0.569. The summed E-state index contributed by atoms with van der Waals surface area (Å²) in [6.07, 6.45) is 1.01. The number of imidazole rings is 1. The molecule has 0 radical (unpaired) electrons. The van der Waals surface area contributed by atoms with E-state index in [2.05, 4.69) is 46.2 Å². The van der Waals surface area contributed by atoms with Gasteiger partial charge in [0, 0.05) is 12.2 Å². The van der Waals surface area contributed by atoms with Gasteiger partial charge in [0.25, 0.3) is 0 Å². The molecule has 3 aromatic rings. The second kappa shape index (κ2) is 7.74. The highest BCUT2D eigenvalue weighted by molar-refractivity contribution is 5.82. The average molecular weight is 353 g/mol. The third-order valence-corrected chi connectivity index (χ3v) is 4.47. The maximum atomic E-state index is 10.2. The molecule has 6 nitrogen and oxygen atoms in total. The first-order valence-electron chi connectivity index (χ1n) is 9.01. The number of benzene rings is 1. The maximum Gasteiger partial charge on any atom is 0.204 e. The van der Waals surface area contributed by atoms with E-state index in [0.29, 0.717) is 12.2 Å². The lowest BCUT2D eigenvalue weighted by molar-refractivity contribution is 0.461. The Kier molecular flexibility index (Phi) is 5.42. The molecule has 0 aliphatic rings. The summed E-state index contributed by atoms with van der Waals surface area (Å²) in [6, 6.07) is 7.80. The van der Waals surface area contributed by atoms with Crippen molar-refractivity contribution in [2.24, 2.45) is 0 Å². The molecular formula is C20H27N5O. The standard InChI is InChI=1S/C20H27N5O/c1-13-10-14(2)19-17(11-13)25(20(24-19)22-9-5-8-21-4)12-16-18(26)7-6-15(3)23-16/h6-7,10-11,21,26H,5,8-9,12H2,1-4H3,(H,22,24). The molecule has 2 aromatic heterocycles. The monoisotopic (exact) mass is 353 g/mol. The molecule has 3 rings (SSSR count). The number of pyridine rings is 1. The van der Waals surface area contributed by atoms with Crippen molar-refractivity contribution >= 4 is 17.0 Å². The molecule has 0 bridgehead atoms. The van der Waals surface area contributed by atoms with Crippen molar-refractivity contribution < 1.29 is 5.11 Å². The molecule has 6 heteroatoms. The minimum Gasteiger partial charge on any atom is -0.506 e. The summed E-state index contributed by atoms with van der Waals surface area (Å²) in [4.78, 5) is 9.33. The second-order valence-corrected chi connectivity index (χ2v) is 6.77. The molecule has 3 N–H and O–H groups in total. The number of nitrogens with zero attached hydrogens (tertiary/aromatic N) is 3. The molecule has 0 aliphatic carbocycles. The molecule has 0 aliphatic heterocycles. The number of rotatable bonds is 7. The molecular weight excluding hydrogens is 326 g/mol. The summed E-state index contributed by atoms with van der Waals surface area (Å²) in [5, 5.41) is 16.8. The van der Waals surface area contributed by atoms with Crippen LogP contribution in [0.1, 0.15) is 28.9 Å². The fourth-order valence-corrected chi connectivity index (χ4v) is 3.20. The zero-order chi connectivity index (χ0) is 18.7. The van der Waals surface area contributed by atoms with E-state index in [-0.39, 0.29) is 5.75 Å². The van der Waals surface area contributed by atoms with Crippen molar-refractivity contribution in [3.05, 3.63) is 46.8 Å². The first-order valence-corrected chi connectivity index (χ1v) is 9.01. The smallest absolute Gasteiger partial charge is 0.204 e. The Labute approximate surface area is 154 Å². The van der Waals surface area contributed by atoms with Gasteiger partial charge in [-0.1, -0.05) is 6.07 Å². The van der Waals surface area contributed by atoms with Crippen molar-refractivity contribution in [3.63, 3.8) is 0 Å². The number of hydrogen-bond donors (Lipinski definition) is 3. The van der Waals surface area contributed by atoms with E-state index in [1.54, 1.807) is 6.07 Å². The van der Waals surface area contributed by atoms with Crippen LogP contribution in [0.25, 0.3) is 11.0 Å². The van der Waals surface area contributed by atoms with E-state index >= 15 is 0 Å². The van der Waals surface area contributed by atoms with Gasteiger partial charge in [0.1, 0.15) is 11.4 Å². The van der Waals surface area contributed by atoms with Gasteiger partial charge in [-0.15, -0.1) is 0 Å². The van der Waals surface area contributed by atoms with Crippen LogP contribution < -0.4 is 10.6 Å². The van der Waals surface area contributed by atoms with Crippen molar-refractivity contribution in [2.45, 2.75) is 33.7 Å². The lowest BCUT2D eigenvalue weighted by Gasteiger charge is -2.12. The predicted octanol–water partition coefficient (Wildman–Crippen LogP) is 3.13. The maximum absolute atomic E-state index is 10.2. The highest BCUT2D eigenvalue weighted by Gasteiger charge is 2.15. The Morgan fingerprint density at radius 3 is 2.65 bits per heavy atom. The van der Waals surface area contributed by atoms with E-state index in [1.807, 2.05) is 20.0 Å². The Hall–Kier alpha value is -2.60. The summed E-state index contributed by atoms with van der Waals surface area (Å²) in [6.45, 7) is 8.36. The number of fused-ring (bicyclic) bond motifs is 1. The highest BCUT2D eigenvalue weighted by atomic mass is 16.3. The molecule has 0 unspecified atom stereocenters. The fraction of sp³-hybridized carbons (Fsp3) is 0.400. The lowest BCUT2D eigenvalue weighted by Crippen LogP contribution is -2.15. The van der Waals surface area contributed by atoms with Crippen LogP contribution in [0.15, 0.2) is 24.3 Å². The second-order valence-electron chi connectivity index (χ2n) is 6.77. The number of aromatic hydroxyl groups is 1. The van der Waals surface area contributed by atoms with Crippen molar-refractivity contribution in [1.82, 2.24) is 19.9 Å². The van der Waals surface area contributed by atoms with Crippen molar-refractivity contribution in [3.8, 4) is 5.75 Å². The Morgan fingerprint density at radius 2 is 1.88 bits per heavy atom. The van der Waals surface area contributed by atoms with E-state index in [9.17, 15) is 5.11 Å². The summed E-state index contributed by atoms with van der Waals surface area (Å²) in [7, 11) is 1.95. The Morgan fingerprint density at radius 1 is 1.08 bits per heavy atom. The van der Waals surface area contributed by atoms with Gasteiger partial charge >= 0.3 is 0 Å². The molecule has 2 heterocycles. The first kappa shape index (κ1) is 18.2. The Bertz CT molecular complexity index is 916. The van der Waals surface area contributed by atoms with Crippen LogP contribution in [0.4, 0.5) is 5.95 Å². The zero-order valence-electron chi connectivity index (χ0n) is 15.9. The van der Waals surface area contributed by atoms with Gasteiger partial charge < -0.3 is 20.3 Å². The number of anilines is 1. The molecule has 0 atom stereocenters. The number of hydrogen-bond acceptors (Lipinski definition) is 5. The molecule has 0 spiro atoms. The van der Waals surface area contributed by atoms with Gasteiger partial charge in [-0.2, -0.15) is 0 Å². The SMILES string of the molecule is CNCCCNc1nc2c(C)cc(C)cc2n1Cc1nc(C)ccc1O. The normalized spacial score (nSPS) is 11.2. The summed E-state index contributed by atoms with van der Waals surface area (Å²) >= 11 is 0. The summed E-state index contributed by atoms with van der Waals surface area (Å²) in [5.74, 6) is 1.02. The van der Waals surface area contributed by atoms with Crippen LogP contribution in [0.5, 0.6) is 5.75 Å². The number of aryl methyl sites for hydroxylation is 3. The predicted molar refractivity (Wildman–Crippen MR) is 106 cm³/mol. The van der Waals surface area contributed by atoms with Crippen molar-refractivity contribution in [2.75, 3.05) is 25.5 Å². The van der Waals surface area contributed by atoms with Gasteiger partial charge in [0.15, 0.2) is 0 Å². The van der Waals surface area contributed by atoms with Gasteiger partial charge in [0.05, 0.1) is 17.6 Å². The van der Waals surface area contributed by atoms with Crippen LogP contribution in [-0.2, 0) is 6.54 Å². The van der Waals surface area contributed by atoms with Gasteiger partial charge in [-0.3, -0.25) is 4.98 Å². The van der Waals surface area contributed by atoms with Crippen LogP contribution in [0.2, 0.25) is 0 Å². The topological polar surface area (TPSA) is 75.0 Å². The third kappa shape index (κ3) is 3.80. The van der Waals surface area contributed by atoms with Crippen LogP contribution in [0, 0.1) is 20.8 Å². The number of aromatic nitrogens is 3. The summed E-state index contributed by atoms with van der Waals surface area (Å²) < 4.78 is 2.11. The zero-order valence-corrected chi connectivity index (χ0v) is 15.9. The first-order chi connectivity index (χ1) is 12.5. The molecule has 26 heavy (non-hydrogen) atoms. The van der Waals surface area contributed by atoms with E-state index in [4.69, 9.17) is 4.98 Å². The minimum absolute atomic E-state index is 0.211. The van der Waals surface area contributed by atoms with E-state index in [1.165, 1.54) is 5.56 Å². The third-order valence-electron chi connectivity index (χ3n) is 4.47. The van der Waals surface area contributed by atoms with Crippen LogP contribution >= 0.6 is 0 Å². The molecule has 138 valence electrons. The molecule has 0 saturated heterocycles. The molecule has 1 aromatic carbocycles. The lowest BCUT2D eigenvalue weighted by atomic mass is 10.1. The van der Waals surface area contributed by atoms with Gasteiger partial charge in [-0.25, -0.2) is 4.98 Å². The number of nitrogens with one attached hydrogen (secondary N) is 2. The van der Waals surface area contributed by atoms with E-state index in [0.717, 1.165) is 47.7 Å². The van der Waals surface area contributed by atoms with Crippen LogP contribution in [0.3, 0.4) is 0 Å². The van der Waals surface area contributed by atoms with Crippen LogP contribution in [-0.4, -0.2) is 39.8 Å². The van der Waals surface area contributed by atoms with Crippen molar-refractivity contribution in [1.29, 1.82) is 0 Å². The summed E-state index contributed by atoms with van der Waals surface area (Å²) in [5.41, 5.74) is 5.93.